The van der Waals surface area contributed by atoms with E-state index in [1.807, 2.05) is 0 Å². The Balaban J connectivity index is 2.32. The van der Waals surface area contributed by atoms with Gasteiger partial charge in [-0.25, -0.2) is 0 Å². The van der Waals surface area contributed by atoms with Gasteiger partial charge < -0.3 is 10.2 Å². The first kappa shape index (κ1) is 14.0. The van der Waals surface area contributed by atoms with E-state index in [4.69, 9.17) is 0 Å². The van der Waals surface area contributed by atoms with Crippen LogP contribution in [0.25, 0.3) is 0 Å². The Morgan fingerprint density at radius 2 is 2.00 bits per heavy atom. The summed E-state index contributed by atoms with van der Waals surface area (Å²) in [7, 11) is 0. The molecule has 0 bridgehead atoms. The zero-order valence-electron chi connectivity index (χ0n) is 11.6. The molecule has 0 spiro atoms. The minimum Gasteiger partial charge on any atom is -0.314 e. The summed E-state index contributed by atoms with van der Waals surface area (Å²) in [5, 5.41) is 3.66. The fraction of sp³-hybridized carbons (Fsp3) is 1.00. The average molecular weight is 226 g/mol. The van der Waals surface area contributed by atoms with E-state index in [1.165, 1.54) is 45.3 Å². The highest BCUT2D eigenvalue weighted by Gasteiger charge is 2.19. The number of hydrogen-bond donors (Lipinski definition) is 1. The van der Waals surface area contributed by atoms with Crippen molar-refractivity contribution in [2.24, 2.45) is 5.92 Å². The molecule has 1 fully saturated rings. The lowest BCUT2D eigenvalue weighted by Crippen LogP contribution is -2.43. The van der Waals surface area contributed by atoms with Crippen LogP contribution in [-0.2, 0) is 0 Å². The van der Waals surface area contributed by atoms with Gasteiger partial charge in [0.2, 0.25) is 0 Å². The first-order valence-electron chi connectivity index (χ1n) is 7.11. The Kier molecular flexibility index (Phi) is 6.37. The van der Waals surface area contributed by atoms with Gasteiger partial charge in [-0.05, 0) is 45.2 Å². The van der Waals surface area contributed by atoms with E-state index < -0.39 is 0 Å². The maximum Gasteiger partial charge on any atom is 0.00818 e. The summed E-state index contributed by atoms with van der Waals surface area (Å²) in [6, 6.07) is 1.49. The van der Waals surface area contributed by atoms with Crippen molar-refractivity contribution in [2.45, 2.75) is 65.5 Å². The fourth-order valence-electron chi connectivity index (χ4n) is 2.78. The van der Waals surface area contributed by atoms with E-state index in [-0.39, 0.29) is 0 Å². The first-order valence-corrected chi connectivity index (χ1v) is 7.11. The van der Waals surface area contributed by atoms with Crippen LogP contribution >= 0.6 is 0 Å². The average Bonchev–Trinajstić information content (AvgIpc) is 2.26. The molecule has 1 aliphatic rings. The molecule has 16 heavy (non-hydrogen) atoms. The van der Waals surface area contributed by atoms with Gasteiger partial charge in [-0.2, -0.15) is 0 Å². The Morgan fingerprint density at radius 1 is 1.25 bits per heavy atom. The molecule has 0 aromatic heterocycles. The summed E-state index contributed by atoms with van der Waals surface area (Å²) in [6.07, 6.45) is 5.49. The van der Waals surface area contributed by atoms with Crippen molar-refractivity contribution in [3.05, 3.63) is 0 Å². The molecular weight excluding hydrogens is 196 g/mol. The second-order valence-corrected chi connectivity index (χ2v) is 5.71. The summed E-state index contributed by atoms with van der Waals surface area (Å²) in [5.41, 5.74) is 0. The molecule has 0 aromatic rings. The molecule has 1 N–H and O–H groups in total. The maximum absolute atomic E-state index is 3.66. The normalized spacial score (nSPS) is 24.0. The second kappa shape index (κ2) is 7.29. The van der Waals surface area contributed by atoms with Crippen molar-refractivity contribution in [2.75, 3.05) is 19.6 Å². The van der Waals surface area contributed by atoms with Crippen LogP contribution in [0.15, 0.2) is 0 Å². The van der Waals surface area contributed by atoms with Crippen LogP contribution in [0, 0.1) is 5.92 Å². The van der Waals surface area contributed by atoms with E-state index >= 15 is 0 Å². The van der Waals surface area contributed by atoms with E-state index in [0.29, 0.717) is 0 Å². The molecule has 2 heteroatoms. The number of nitrogens with zero attached hydrogens (tertiary/aromatic N) is 1. The number of hydrogen-bond acceptors (Lipinski definition) is 2. The van der Waals surface area contributed by atoms with Crippen LogP contribution in [0.4, 0.5) is 0 Å². The van der Waals surface area contributed by atoms with Gasteiger partial charge in [0, 0.05) is 18.6 Å². The summed E-state index contributed by atoms with van der Waals surface area (Å²) >= 11 is 0. The fourth-order valence-corrected chi connectivity index (χ4v) is 2.78. The summed E-state index contributed by atoms with van der Waals surface area (Å²) < 4.78 is 0. The number of nitrogens with one attached hydrogen (secondary N) is 1. The summed E-state index contributed by atoms with van der Waals surface area (Å²) in [5.74, 6) is 0.779. The molecule has 96 valence electrons. The minimum absolute atomic E-state index is 0.725. The molecule has 1 heterocycles. The Labute approximate surface area is 102 Å². The minimum atomic E-state index is 0.725. The quantitative estimate of drug-likeness (QED) is 0.749. The third-order valence-corrected chi connectivity index (χ3v) is 3.67. The van der Waals surface area contributed by atoms with E-state index in [9.17, 15) is 0 Å². The van der Waals surface area contributed by atoms with Gasteiger partial charge in [0.05, 0.1) is 0 Å². The van der Waals surface area contributed by atoms with Crippen molar-refractivity contribution < 1.29 is 0 Å². The van der Waals surface area contributed by atoms with Crippen LogP contribution in [0.2, 0.25) is 0 Å². The van der Waals surface area contributed by atoms with Gasteiger partial charge >= 0.3 is 0 Å². The van der Waals surface area contributed by atoms with Crippen molar-refractivity contribution in [3.63, 3.8) is 0 Å². The van der Waals surface area contributed by atoms with Crippen molar-refractivity contribution in [3.8, 4) is 0 Å². The molecule has 1 aliphatic heterocycles. The van der Waals surface area contributed by atoms with Crippen molar-refractivity contribution >= 4 is 0 Å². The molecule has 1 rings (SSSR count). The summed E-state index contributed by atoms with van der Waals surface area (Å²) in [6.45, 7) is 13.0. The second-order valence-electron chi connectivity index (χ2n) is 5.71. The monoisotopic (exact) mass is 226 g/mol. The largest absolute Gasteiger partial charge is 0.314 e. The standard InChI is InChI=1S/C14H30N2/c1-5-16(11-12(2)3)13(4)10-14-8-6-7-9-15-14/h12-15H,5-11H2,1-4H3. The molecule has 2 atom stereocenters. The molecule has 0 radical (unpaired) electrons. The third kappa shape index (κ3) is 4.84. The molecule has 0 aromatic carbocycles. The first-order chi connectivity index (χ1) is 7.63. The van der Waals surface area contributed by atoms with Gasteiger partial charge in [0.25, 0.3) is 0 Å². The highest BCUT2D eigenvalue weighted by atomic mass is 15.1. The van der Waals surface area contributed by atoms with E-state index in [2.05, 4.69) is 37.9 Å². The predicted molar refractivity (Wildman–Crippen MR) is 71.8 cm³/mol. The lowest BCUT2D eigenvalue weighted by molar-refractivity contribution is 0.170. The van der Waals surface area contributed by atoms with Gasteiger partial charge in [-0.1, -0.05) is 27.2 Å². The van der Waals surface area contributed by atoms with Gasteiger partial charge in [0.1, 0.15) is 0 Å². The van der Waals surface area contributed by atoms with Gasteiger partial charge in [-0.3, -0.25) is 0 Å². The Hall–Kier alpha value is -0.0800. The lowest BCUT2D eigenvalue weighted by Gasteiger charge is -2.33. The van der Waals surface area contributed by atoms with Gasteiger partial charge in [0.15, 0.2) is 0 Å². The van der Waals surface area contributed by atoms with Crippen molar-refractivity contribution in [1.82, 2.24) is 10.2 Å². The number of rotatable bonds is 6. The van der Waals surface area contributed by atoms with Crippen LogP contribution in [-0.4, -0.2) is 36.6 Å². The molecule has 0 amide bonds. The molecule has 0 aliphatic carbocycles. The van der Waals surface area contributed by atoms with Crippen LogP contribution in [0.3, 0.4) is 0 Å². The topological polar surface area (TPSA) is 15.3 Å². The van der Waals surface area contributed by atoms with Crippen LogP contribution < -0.4 is 5.32 Å². The zero-order valence-corrected chi connectivity index (χ0v) is 11.6. The zero-order chi connectivity index (χ0) is 12.0. The van der Waals surface area contributed by atoms with E-state index in [0.717, 1.165) is 18.0 Å². The van der Waals surface area contributed by atoms with Gasteiger partial charge in [-0.15, -0.1) is 0 Å². The van der Waals surface area contributed by atoms with Crippen LogP contribution in [0.5, 0.6) is 0 Å². The highest BCUT2D eigenvalue weighted by Crippen LogP contribution is 2.15. The Morgan fingerprint density at radius 3 is 2.50 bits per heavy atom. The predicted octanol–water partition coefficient (Wildman–Crippen LogP) is 2.89. The lowest BCUT2D eigenvalue weighted by atomic mass is 9.97. The molecule has 2 nitrogen and oxygen atoms in total. The van der Waals surface area contributed by atoms with E-state index in [1.54, 1.807) is 0 Å². The third-order valence-electron chi connectivity index (χ3n) is 3.67. The van der Waals surface area contributed by atoms with Crippen LogP contribution in [0.1, 0.15) is 53.4 Å². The smallest absolute Gasteiger partial charge is 0.00818 e. The molecule has 2 unspecified atom stereocenters. The van der Waals surface area contributed by atoms with Crippen molar-refractivity contribution in [1.29, 1.82) is 0 Å². The molecule has 1 saturated heterocycles. The molecular formula is C14H30N2. The number of piperidine rings is 1. The highest BCUT2D eigenvalue weighted by molar-refractivity contribution is 4.78. The summed E-state index contributed by atoms with van der Waals surface area (Å²) in [4.78, 5) is 2.63. The SMILES string of the molecule is CCN(CC(C)C)C(C)CC1CCCCN1. The maximum atomic E-state index is 3.66. The Bertz CT molecular complexity index is 174. The molecule has 0 saturated carbocycles.